The van der Waals surface area contributed by atoms with E-state index >= 15 is 0 Å². The third-order valence-electron chi connectivity index (χ3n) is 2.38. The van der Waals surface area contributed by atoms with Gasteiger partial charge < -0.3 is 5.32 Å². The van der Waals surface area contributed by atoms with Gasteiger partial charge in [-0.25, -0.2) is 0 Å². The van der Waals surface area contributed by atoms with Crippen molar-refractivity contribution in [3.63, 3.8) is 0 Å². The summed E-state index contributed by atoms with van der Waals surface area (Å²) in [4.78, 5) is 4.10. The van der Waals surface area contributed by atoms with Crippen molar-refractivity contribution in [1.29, 1.82) is 0 Å². The number of pyridine rings is 1. The highest BCUT2D eigenvalue weighted by molar-refractivity contribution is 5.14. The lowest BCUT2D eigenvalue weighted by Crippen LogP contribution is -2.27. The first-order chi connectivity index (χ1) is 7.25. The van der Waals surface area contributed by atoms with E-state index < -0.39 is 0 Å². The van der Waals surface area contributed by atoms with Crippen LogP contribution in [-0.4, -0.2) is 18.2 Å². The van der Waals surface area contributed by atoms with E-state index in [1.807, 2.05) is 12.3 Å². The molecule has 0 saturated heterocycles. The fourth-order valence-electron chi connectivity index (χ4n) is 1.62. The normalized spacial score (nSPS) is 13.1. The van der Waals surface area contributed by atoms with Crippen LogP contribution < -0.4 is 5.32 Å². The van der Waals surface area contributed by atoms with E-state index in [1.165, 1.54) is 5.56 Å². The molecular formula is C12H19FN2. The Balaban J connectivity index is 2.58. The van der Waals surface area contributed by atoms with Crippen LogP contribution in [0.4, 0.5) is 4.39 Å². The molecule has 84 valence electrons. The molecule has 0 bridgehead atoms. The zero-order valence-electron chi connectivity index (χ0n) is 9.41. The summed E-state index contributed by atoms with van der Waals surface area (Å²) in [5.41, 5.74) is 1.17. The molecule has 0 spiro atoms. The minimum Gasteiger partial charge on any atom is -0.310 e. The molecule has 0 aliphatic rings. The Hall–Kier alpha value is -0.960. The van der Waals surface area contributed by atoms with Crippen LogP contribution in [-0.2, 0) is 0 Å². The Bertz CT molecular complexity index is 262. The lowest BCUT2D eigenvalue weighted by molar-refractivity contribution is 0.386. The largest absolute Gasteiger partial charge is 0.310 e. The van der Waals surface area contributed by atoms with Crippen LogP contribution in [0.3, 0.4) is 0 Å². The summed E-state index contributed by atoms with van der Waals surface area (Å²) in [6, 6.07) is 4.26. The number of nitrogens with zero attached hydrogens (tertiary/aromatic N) is 1. The van der Waals surface area contributed by atoms with Gasteiger partial charge in [-0.1, -0.05) is 19.9 Å². The van der Waals surface area contributed by atoms with Crippen molar-refractivity contribution in [2.45, 2.75) is 26.3 Å². The summed E-state index contributed by atoms with van der Waals surface area (Å²) in [7, 11) is 0. The van der Waals surface area contributed by atoms with Gasteiger partial charge in [0.25, 0.3) is 0 Å². The van der Waals surface area contributed by atoms with Crippen LogP contribution in [0.2, 0.25) is 0 Å². The summed E-state index contributed by atoms with van der Waals surface area (Å²) in [5, 5.41) is 3.36. The lowest BCUT2D eigenvalue weighted by atomic mass is 9.97. The number of hydrogen-bond donors (Lipinski definition) is 1. The Morgan fingerprint density at radius 3 is 2.80 bits per heavy atom. The van der Waals surface area contributed by atoms with Crippen molar-refractivity contribution < 1.29 is 4.39 Å². The highest BCUT2D eigenvalue weighted by atomic mass is 19.1. The van der Waals surface area contributed by atoms with E-state index in [4.69, 9.17) is 0 Å². The molecule has 0 saturated carbocycles. The third-order valence-corrected chi connectivity index (χ3v) is 2.38. The van der Waals surface area contributed by atoms with E-state index in [9.17, 15) is 4.39 Å². The van der Waals surface area contributed by atoms with Gasteiger partial charge in [0.2, 0.25) is 0 Å². The maximum absolute atomic E-state index is 12.0. The summed E-state index contributed by atoms with van der Waals surface area (Å²) < 4.78 is 12.0. The van der Waals surface area contributed by atoms with Crippen LogP contribution in [0.5, 0.6) is 0 Å². The first-order valence-corrected chi connectivity index (χ1v) is 5.45. The first kappa shape index (κ1) is 12.1. The Morgan fingerprint density at radius 2 is 2.27 bits per heavy atom. The minimum atomic E-state index is -0.259. The zero-order chi connectivity index (χ0) is 11.1. The van der Waals surface area contributed by atoms with Gasteiger partial charge in [-0.05, 0) is 30.5 Å². The van der Waals surface area contributed by atoms with Gasteiger partial charge >= 0.3 is 0 Å². The van der Waals surface area contributed by atoms with Crippen LogP contribution >= 0.6 is 0 Å². The second-order valence-corrected chi connectivity index (χ2v) is 4.00. The summed E-state index contributed by atoms with van der Waals surface area (Å²) >= 11 is 0. The van der Waals surface area contributed by atoms with E-state index in [0.29, 0.717) is 18.9 Å². The van der Waals surface area contributed by atoms with Crippen LogP contribution in [0.1, 0.15) is 31.9 Å². The number of nitrogens with one attached hydrogen (secondary N) is 1. The lowest BCUT2D eigenvalue weighted by Gasteiger charge is -2.22. The number of aromatic nitrogens is 1. The van der Waals surface area contributed by atoms with Gasteiger partial charge in [-0.15, -0.1) is 0 Å². The Labute approximate surface area is 90.9 Å². The summed E-state index contributed by atoms with van der Waals surface area (Å²) in [6.07, 6.45) is 4.21. The van der Waals surface area contributed by atoms with Crippen molar-refractivity contribution in [2.24, 2.45) is 5.92 Å². The van der Waals surface area contributed by atoms with Gasteiger partial charge in [0.15, 0.2) is 0 Å². The maximum Gasteiger partial charge on any atom is 0.0906 e. The van der Waals surface area contributed by atoms with Gasteiger partial charge in [-0.3, -0.25) is 9.37 Å². The number of alkyl halides is 1. The SMILES string of the molecule is CC(C)C(NCCCF)c1cccnc1. The summed E-state index contributed by atoms with van der Waals surface area (Å²) in [5.74, 6) is 0.480. The van der Waals surface area contributed by atoms with Crippen molar-refractivity contribution in [3.8, 4) is 0 Å². The fraction of sp³-hybridized carbons (Fsp3) is 0.583. The molecule has 1 rings (SSSR count). The van der Waals surface area contributed by atoms with Gasteiger partial charge in [0.05, 0.1) is 6.67 Å². The zero-order valence-corrected chi connectivity index (χ0v) is 9.41. The van der Waals surface area contributed by atoms with Crippen molar-refractivity contribution in [3.05, 3.63) is 30.1 Å². The predicted molar refractivity (Wildman–Crippen MR) is 60.4 cm³/mol. The molecule has 1 N–H and O–H groups in total. The van der Waals surface area contributed by atoms with Gasteiger partial charge in [0, 0.05) is 18.4 Å². The standard InChI is InChI=1S/C12H19FN2/c1-10(2)12(15-8-4-6-13)11-5-3-7-14-9-11/h3,5,7,9-10,12,15H,4,6,8H2,1-2H3. The molecule has 3 heteroatoms. The number of hydrogen-bond acceptors (Lipinski definition) is 2. The number of halogens is 1. The average molecular weight is 210 g/mol. The molecule has 1 aromatic heterocycles. The molecule has 0 amide bonds. The Kier molecular flexibility index (Phi) is 5.26. The Morgan fingerprint density at radius 1 is 1.47 bits per heavy atom. The fourth-order valence-corrected chi connectivity index (χ4v) is 1.62. The molecule has 0 aromatic carbocycles. The maximum atomic E-state index is 12.0. The second-order valence-electron chi connectivity index (χ2n) is 4.00. The van der Waals surface area contributed by atoms with Crippen LogP contribution in [0, 0.1) is 5.92 Å². The van der Waals surface area contributed by atoms with E-state index in [1.54, 1.807) is 6.20 Å². The molecule has 0 aliphatic carbocycles. The molecule has 1 heterocycles. The van der Waals surface area contributed by atoms with Crippen molar-refractivity contribution >= 4 is 0 Å². The molecule has 1 aromatic rings. The minimum absolute atomic E-state index is 0.259. The monoisotopic (exact) mass is 210 g/mol. The predicted octanol–water partition coefficient (Wildman–Crippen LogP) is 2.73. The smallest absolute Gasteiger partial charge is 0.0906 e. The van der Waals surface area contributed by atoms with E-state index in [2.05, 4.69) is 30.2 Å². The molecule has 0 radical (unpaired) electrons. The highest BCUT2D eigenvalue weighted by Gasteiger charge is 2.14. The molecule has 15 heavy (non-hydrogen) atoms. The average Bonchev–Trinajstić information content (AvgIpc) is 2.25. The van der Waals surface area contributed by atoms with Crippen molar-refractivity contribution in [2.75, 3.05) is 13.2 Å². The molecular weight excluding hydrogens is 191 g/mol. The van der Waals surface area contributed by atoms with E-state index in [-0.39, 0.29) is 12.7 Å². The van der Waals surface area contributed by atoms with Crippen LogP contribution in [0.25, 0.3) is 0 Å². The van der Waals surface area contributed by atoms with Crippen LogP contribution in [0.15, 0.2) is 24.5 Å². The second kappa shape index (κ2) is 6.51. The van der Waals surface area contributed by atoms with Gasteiger partial charge in [-0.2, -0.15) is 0 Å². The van der Waals surface area contributed by atoms with E-state index in [0.717, 1.165) is 0 Å². The third kappa shape index (κ3) is 3.96. The molecule has 0 aliphatic heterocycles. The molecule has 1 atom stereocenters. The van der Waals surface area contributed by atoms with Crippen molar-refractivity contribution in [1.82, 2.24) is 10.3 Å². The highest BCUT2D eigenvalue weighted by Crippen LogP contribution is 2.20. The molecule has 2 nitrogen and oxygen atoms in total. The number of rotatable bonds is 6. The molecule has 1 unspecified atom stereocenters. The molecule has 0 fully saturated rings. The summed E-state index contributed by atoms with van der Waals surface area (Å²) in [6.45, 7) is 4.76. The topological polar surface area (TPSA) is 24.9 Å². The first-order valence-electron chi connectivity index (χ1n) is 5.45. The quantitative estimate of drug-likeness (QED) is 0.730. The van der Waals surface area contributed by atoms with Gasteiger partial charge in [0.1, 0.15) is 0 Å².